The summed E-state index contributed by atoms with van der Waals surface area (Å²) in [4.78, 5) is 19.2. The number of halogens is 1. The van der Waals surface area contributed by atoms with Gasteiger partial charge in [0.15, 0.2) is 0 Å². The van der Waals surface area contributed by atoms with E-state index in [0.29, 0.717) is 33.1 Å². The van der Waals surface area contributed by atoms with Gasteiger partial charge in [0.25, 0.3) is 5.56 Å². The highest BCUT2D eigenvalue weighted by atomic mass is 32.1. The molecule has 0 saturated carbocycles. The minimum Gasteiger partial charge on any atom is -0.438 e. The van der Waals surface area contributed by atoms with Crippen LogP contribution in [0.15, 0.2) is 70.8 Å². The van der Waals surface area contributed by atoms with Crippen molar-refractivity contribution in [3.63, 3.8) is 0 Å². The second-order valence-electron chi connectivity index (χ2n) is 7.71. The fraction of sp³-hybridized carbons (Fsp3) is 0.120. The highest BCUT2D eigenvalue weighted by Crippen LogP contribution is 2.30. The summed E-state index contributed by atoms with van der Waals surface area (Å²) >= 11 is 1.49. The molecule has 170 valence electrons. The molecule has 3 aromatic heterocycles. The van der Waals surface area contributed by atoms with Crippen LogP contribution in [-0.2, 0) is 0 Å². The number of ether oxygens (including phenoxy) is 1. The van der Waals surface area contributed by atoms with Gasteiger partial charge in [0.05, 0.1) is 28.5 Å². The fourth-order valence-electron chi connectivity index (χ4n) is 3.55. The van der Waals surface area contributed by atoms with E-state index in [1.165, 1.54) is 52.8 Å². The van der Waals surface area contributed by atoms with Crippen molar-refractivity contribution in [2.24, 2.45) is 5.10 Å². The van der Waals surface area contributed by atoms with Gasteiger partial charge in [0.2, 0.25) is 5.88 Å². The van der Waals surface area contributed by atoms with E-state index in [0.717, 1.165) is 16.1 Å². The molecule has 5 rings (SSSR count). The molecule has 0 unspecified atom stereocenters. The molecule has 2 aromatic carbocycles. The molecule has 7 nitrogen and oxygen atoms in total. The minimum atomic E-state index is -0.358. The topological polar surface area (TPSA) is 74.3 Å². The molecule has 0 aliphatic rings. The highest BCUT2D eigenvalue weighted by molar-refractivity contribution is 7.18. The number of aromatic nitrogens is 4. The molecule has 3 heterocycles. The van der Waals surface area contributed by atoms with E-state index in [2.05, 4.69) is 15.2 Å². The smallest absolute Gasteiger partial charge is 0.282 e. The van der Waals surface area contributed by atoms with Crippen molar-refractivity contribution in [1.82, 2.24) is 19.4 Å². The van der Waals surface area contributed by atoms with Crippen LogP contribution in [-0.4, -0.2) is 25.7 Å². The normalized spacial score (nSPS) is 11.5. The van der Waals surface area contributed by atoms with Crippen molar-refractivity contribution >= 4 is 27.8 Å². The maximum atomic E-state index is 13.4. The number of benzene rings is 2. The summed E-state index contributed by atoms with van der Waals surface area (Å²) in [6.45, 7) is 5.71. The summed E-state index contributed by atoms with van der Waals surface area (Å²) in [5, 5.41) is 9.58. The summed E-state index contributed by atoms with van der Waals surface area (Å²) in [6.07, 6.45) is 2.94. The molecule has 0 radical (unpaired) electrons. The molecule has 0 fully saturated rings. The molecular formula is C25H20FN5O2S. The van der Waals surface area contributed by atoms with Gasteiger partial charge in [0.1, 0.15) is 22.7 Å². The highest BCUT2D eigenvalue weighted by Gasteiger charge is 2.18. The summed E-state index contributed by atoms with van der Waals surface area (Å²) in [5.41, 5.74) is 2.69. The maximum Gasteiger partial charge on any atom is 0.282 e. The van der Waals surface area contributed by atoms with Gasteiger partial charge in [-0.2, -0.15) is 19.6 Å². The zero-order valence-corrected chi connectivity index (χ0v) is 19.5. The van der Waals surface area contributed by atoms with E-state index in [1.807, 2.05) is 51.1 Å². The monoisotopic (exact) mass is 473 g/mol. The van der Waals surface area contributed by atoms with Gasteiger partial charge < -0.3 is 4.74 Å². The van der Waals surface area contributed by atoms with Crippen LogP contribution in [0.5, 0.6) is 11.6 Å². The Hall–Kier alpha value is -4.11. The summed E-state index contributed by atoms with van der Waals surface area (Å²) in [6, 6.07) is 15.2. The molecule has 0 saturated heterocycles. The van der Waals surface area contributed by atoms with E-state index >= 15 is 0 Å². The minimum absolute atomic E-state index is 0.239. The van der Waals surface area contributed by atoms with Crippen LogP contribution < -0.4 is 10.3 Å². The van der Waals surface area contributed by atoms with Crippen molar-refractivity contribution in [2.75, 3.05) is 0 Å². The standard InChI is InChI=1S/C25H20FN5O2S/c1-15-17(3)34-23-22(15)24(32)30(14-27-23)28-13-21-16(2)29-31(19-7-5-4-6-8-19)25(21)33-20-11-9-18(26)10-12-20/h4-14H,1-3H3. The Kier molecular flexibility index (Phi) is 5.54. The van der Waals surface area contributed by atoms with E-state index in [-0.39, 0.29) is 11.4 Å². The van der Waals surface area contributed by atoms with Crippen LogP contribution in [0.2, 0.25) is 0 Å². The van der Waals surface area contributed by atoms with Gasteiger partial charge in [-0.05, 0) is 62.7 Å². The Labute approximate surface area is 198 Å². The third kappa shape index (κ3) is 3.90. The number of hydrogen-bond donors (Lipinski definition) is 0. The van der Waals surface area contributed by atoms with E-state index in [4.69, 9.17) is 4.74 Å². The average molecular weight is 474 g/mol. The lowest BCUT2D eigenvalue weighted by atomic mass is 10.2. The number of rotatable bonds is 5. The Balaban J connectivity index is 1.62. The van der Waals surface area contributed by atoms with Gasteiger partial charge in [-0.15, -0.1) is 11.3 Å². The first-order chi connectivity index (χ1) is 16.4. The fourth-order valence-corrected chi connectivity index (χ4v) is 4.54. The quantitative estimate of drug-likeness (QED) is 0.321. The SMILES string of the molecule is Cc1nn(-c2ccccc2)c(Oc2ccc(F)cc2)c1C=Nn1cnc2sc(C)c(C)c2c1=O. The van der Waals surface area contributed by atoms with Gasteiger partial charge in [-0.1, -0.05) is 18.2 Å². The molecule has 0 aliphatic carbocycles. The van der Waals surface area contributed by atoms with Crippen LogP contribution in [0.3, 0.4) is 0 Å². The van der Waals surface area contributed by atoms with Gasteiger partial charge in [0, 0.05) is 4.88 Å². The summed E-state index contributed by atoms with van der Waals surface area (Å²) in [5.74, 6) is 0.476. The van der Waals surface area contributed by atoms with Crippen LogP contribution in [0.1, 0.15) is 21.7 Å². The maximum absolute atomic E-state index is 13.4. The Morgan fingerprint density at radius 3 is 2.53 bits per heavy atom. The Bertz CT molecular complexity index is 1580. The van der Waals surface area contributed by atoms with Crippen molar-refractivity contribution in [1.29, 1.82) is 0 Å². The number of thiophene rings is 1. The van der Waals surface area contributed by atoms with Crippen LogP contribution >= 0.6 is 11.3 Å². The lowest BCUT2D eigenvalue weighted by molar-refractivity contribution is 0.442. The Morgan fingerprint density at radius 1 is 1.06 bits per heavy atom. The molecule has 0 spiro atoms. The first-order valence-electron chi connectivity index (χ1n) is 10.5. The van der Waals surface area contributed by atoms with E-state index < -0.39 is 0 Å². The summed E-state index contributed by atoms with van der Waals surface area (Å²) < 4.78 is 22.4. The third-order valence-electron chi connectivity index (χ3n) is 5.48. The zero-order chi connectivity index (χ0) is 23.8. The molecule has 0 amide bonds. The molecule has 34 heavy (non-hydrogen) atoms. The predicted molar refractivity (Wildman–Crippen MR) is 131 cm³/mol. The second kappa shape index (κ2) is 8.68. The molecule has 0 N–H and O–H groups in total. The van der Waals surface area contributed by atoms with Crippen molar-refractivity contribution in [3.8, 4) is 17.3 Å². The number of aryl methyl sites for hydroxylation is 3. The lowest BCUT2D eigenvalue weighted by Crippen LogP contribution is -2.17. The molecule has 5 aromatic rings. The zero-order valence-electron chi connectivity index (χ0n) is 18.7. The number of hydrogen-bond acceptors (Lipinski definition) is 6. The number of nitrogens with zero attached hydrogens (tertiary/aromatic N) is 5. The lowest BCUT2D eigenvalue weighted by Gasteiger charge is -2.10. The van der Waals surface area contributed by atoms with Crippen molar-refractivity contribution < 1.29 is 9.13 Å². The van der Waals surface area contributed by atoms with E-state index in [1.54, 1.807) is 4.68 Å². The number of para-hydroxylation sites is 1. The summed E-state index contributed by atoms with van der Waals surface area (Å²) in [7, 11) is 0. The van der Waals surface area contributed by atoms with Crippen LogP contribution in [0, 0.1) is 26.6 Å². The number of fused-ring (bicyclic) bond motifs is 1. The molecule has 0 bridgehead atoms. The molecule has 0 aliphatic heterocycles. The molecule has 9 heteroatoms. The first kappa shape index (κ1) is 21.7. The van der Waals surface area contributed by atoms with Crippen LogP contribution in [0.25, 0.3) is 15.9 Å². The van der Waals surface area contributed by atoms with Gasteiger partial charge in [-0.3, -0.25) is 4.79 Å². The van der Waals surface area contributed by atoms with Crippen molar-refractivity contribution in [2.45, 2.75) is 20.8 Å². The van der Waals surface area contributed by atoms with Gasteiger partial charge in [-0.25, -0.2) is 9.37 Å². The molecule has 0 atom stereocenters. The Morgan fingerprint density at radius 2 is 1.79 bits per heavy atom. The predicted octanol–water partition coefficient (Wildman–Crippen LogP) is 5.38. The van der Waals surface area contributed by atoms with Gasteiger partial charge >= 0.3 is 0 Å². The second-order valence-corrected chi connectivity index (χ2v) is 8.91. The van der Waals surface area contributed by atoms with Crippen molar-refractivity contribution in [3.05, 3.63) is 98.8 Å². The first-order valence-corrected chi connectivity index (χ1v) is 11.3. The average Bonchev–Trinajstić information content (AvgIpc) is 3.31. The largest absolute Gasteiger partial charge is 0.438 e. The third-order valence-corrected chi connectivity index (χ3v) is 6.59. The van der Waals surface area contributed by atoms with Crippen LogP contribution in [0.4, 0.5) is 4.39 Å². The molecular weight excluding hydrogens is 453 g/mol. The van der Waals surface area contributed by atoms with E-state index in [9.17, 15) is 9.18 Å².